The van der Waals surface area contributed by atoms with Gasteiger partial charge in [-0.1, -0.05) is 20.3 Å². The quantitative estimate of drug-likeness (QED) is 0.835. The Morgan fingerprint density at radius 2 is 2.00 bits per heavy atom. The highest BCUT2D eigenvalue weighted by atomic mass is 16.5. The summed E-state index contributed by atoms with van der Waals surface area (Å²) in [5.74, 6) is 1.26. The molecule has 0 fully saturated rings. The highest BCUT2D eigenvalue weighted by Gasteiger charge is 2.38. The lowest BCUT2D eigenvalue weighted by Gasteiger charge is -2.38. The van der Waals surface area contributed by atoms with E-state index < -0.39 is 11.7 Å². The van der Waals surface area contributed by atoms with Crippen LogP contribution in [0.3, 0.4) is 0 Å². The molecular formula is C22H27NO4. The van der Waals surface area contributed by atoms with Crippen LogP contribution in [0.4, 0.5) is 0 Å². The first kappa shape index (κ1) is 18.1. The molecule has 2 N–H and O–H groups in total. The van der Waals surface area contributed by atoms with Gasteiger partial charge in [0.15, 0.2) is 0 Å². The number of aryl methyl sites for hydroxylation is 1. The lowest BCUT2D eigenvalue weighted by Crippen LogP contribution is -2.34. The Morgan fingerprint density at radius 1 is 1.26 bits per heavy atom. The Bertz CT molecular complexity index is 1000. The van der Waals surface area contributed by atoms with Gasteiger partial charge < -0.3 is 19.6 Å². The number of rotatable bonds is 2. The first-order chi connectivity index (χ1) is 12.7. The average molecular weight is 369 g/mol. The minimum absolute atomic E-state index is 0.0815. The van der Waals surface area contributed by atoms with E-state index in [0.29, 0.717) is 16.8 Å². The number of ether oxygens (including phenoxy) is 2. The summed E-state index contributed by atoms with van der Waals surface area (Å²) in [6.07, 6.45) is 4.85. The summed E-state index contributed by atoms with van der Waals surface area (Å²) in [7, 11) is 0. The summed E-state index contributed by atoms with van der Waals surface area (Å²) in [6.45, 7) is 10.0. The zero-order chi connectivity index (χ0) is 19.5. The maximum atomic E-state index is 12.4. The molecule has 0 spiro atoms. The number of aromatic amines is 1. The molecule has 5 nitrogen and oxygen atoms in total. The number of hydrogen-bond donors (Lipinski definition) is 2. The Hall–Kier alpha value is -2.27. The van der Waals surface area contributed by atoms with Gasteiger partial charge in [0.05, 0.1) is 17.2 Å². The predicted octanol–water partition coefficient (Wildman–Crippen LogP) is 4.12. The molecule has 0 saturated heterocycles. The fraction of sp³-hybridized carbons (Fsp3) is 0.500. The van der Waals surface area contributed by atoms with Crippen LogP contribution in [0.25, 0.3) is 17.0 Å². The lowest BCUT2D eigenvalue weighted by atomic mass is 9.84. The monoisotopic (exact) mass is 369 g/mol. The van der Waals surface area contributed by atoms with E-state index in [4.69, 9.17) is 9.47 Å². The van der Waals surface area contributed by atoms with Gasteiger partial charge in [0.25, 0.3) is 0 Å². The first-order valence-electron chi connectivity index (χ1n) is 9.72. The fourth-order valence-corrected chi connectivity index (χ4v) is 4.10. The van der Waals surface area contributed by atoms with Crippen LogP contribution in [-0.2, 0) is 6.42 Å². The molecule has 0 saturated carbocycles. The molecule has 0 radical (unpaired) electrons. The molecule has 2 aliphatic rings. The summed E-state index contributed by atoms with van der Waals surface area (Å²) in [6, 6.07) is 1.65. The van der Waals surface area contributed by atoms with Gasteiger partial charge in [-0.25, -0.2) is 0 Å². The Labute approximate surface area is 159 Å². The van der Waals surface area contributed by atoms with Crippen molar-refractivity contribution in [3.8, 4) is 11.5 Å². The first-order valence-corrected chi connectivity index (χ1v) is 9.72. The van der Waals surface area contributed by atoms with Gasteiger partial charge in [0, 0.05) is 22.9 Å². The molecule has 0 bridgehead atoms. The van der Waals surface area contributed by atoms with Crippen molar-refractivity contribution in [3.63, 3.8) is 0 Å². The lowest BCUT2D eigenvalue weighted by molar-refractivity contribution is 0.0180. The molecule has 0 amide bonds. The molecule has 5 heteroatoms. The number of nitrogens with one attached hydrogen (secondary N) is 1. The molecule has 2 aromatic rings. The topological polar surface area (TPSA) is 71.6 Å². The van der Waals surface area contributed by atoms with E-state index in [1.807, 2.05) is 39.8 Å². The largest absolute Gasteiger partial charge is 0.489 e. The summed E-state index contributed by atoms with van der Waals surface area (Å²) in [5, 5.41) is 11.9. The Balaban J connectivity index is 2.17. The second-order valence-electron chi connectivity index (χ2n) is 8.31. The smallest absolute Gasteiger partial charge is 0.248 e. The summed E-state index contributed by atoms with van der Waals surface area (Å²) in [5.41, 5.74) is 2.46. The molecule has 27 heavy (non-hydrogen) atoms. The molecular weight excluding hydrogens is 342 g/mol. The molecule has 144 valence electrons. The van der Waals surface area contributed by atoms with Crippen LogP contribution < -0.4 is 15.0 Å². The van der Waals surface area contributed by atoms with Crippen molar-refractivity contribution in [2.45, 2.75) is 65.3 Å². The van der Waals surface area contributed by atoms with Gasteiger partial charge in [-0.3, -0.25) is 4.79 Å². The van der Waals surface area contributed by atoms with E-state index in [2.05, 4.69) is 11.9 Å². The van der Waals surface area contributed by atoms with Crippen molar-refractivity contribution in [2.75, 3.05) is 0 Å². The normalized spacial score (nSPS) is 25.5. The van der Waals surface area contributed by atoms with Crippen LogP contribution >= 0.6 is 0 Å². The molecule has 0 unspecified atom stereocenters. The van der Waals surface area contributed by atoms with E-state index in [9.17, 15) is 9.90 Å². The highest BCUT2D eigenvalue weighted by Crippen LogP contribution is 2.51. The van der Waals surface area contributed by atoms with E-state index >= 15 is 0 Å². The maximum absolute atomic E-state index is 12.4. The summed E-state index contributed by atoms with van der Waals surface area (Å²) < 4.78 is 12.6. The van der Waals surface area contributed by atoms with Gasteiger partial charge in [-0.2, -0.15) is 0 Å². The van der Waals surface area contributed by atoms with Gasteiger partial charge >= 0.3 is 0 Å². The molecule has 4 rings (SSSR count). The molecule has 3 heterocycles. The minimum atomic E-state index is -0.715. The third-order valence-electron chi connectivity index (χ3n) is 5.73. The van der Waals surface area contributed by atoms with Crippen molar-refractivity contribution in [2.24, 2.45) is 5.92 Å². The second-order valence-corrected chi connectivity index (χ2v) is 8.31. The predicted molar refractivity (Wildman–Crippen MR) is 107 cm³/mol. The van der Waals surface area contributed by atoms with E-state index in [1.54, 1.807) is 6.07 Å². The second kappa shape index (κ2) is 6.13. The highest BCUT2D eigenvalue weighted by molar-refractivity contribution is 5.98. The van der Waals surface area contributed by atoms with Crippen LogP contribution in [-0.4, -0.2) is 21.8 Å². The average Bonchev–Trinajstić information content (AvgIpc) is 2.58. The molecule has 0 aliphatic carbocycles. The number of aliphatic hydroxyl groups excluding tert-OH is 1. The van der Waals surface area contributed by atoms with Crippen molar-refractivity contribution in [3.05, 3.63) is 39.2 Å². The van der Waals surface area contributed by atoms with Crippen molar-refractivity contribution in [1.82, 2.24) is 4.98 Å². The number of fused-ring (bicyclic) bond motifs is 6. The molecule has 1 aromatic carbocycles. The zero-order valence-electron chi connectivity index (χ0n) is 16.6. The fourth-order valence-electron chi connectivity index (χ4n) is 4.10. The third kappa shape index (κ3) is 2.76. The molecule has 1 aromatic heterocycles. The maximum Gasteiger partial charge on any atom is 0.248 e. The SMILES string of the molecule is CCCc1cc(=O)[nH]c2c3c(c4c(c12)OC(C)(C)C=C4)O[C@H](C)[C@@H](C)[C@H]3O. The van der Waals surface area contributed by atoms with E-state index in [1.165, 1.54) is 0 Å². The van der Waals surface area contributed by atoms with Crippen LogP contribution in [0, 0.1) is 5.92 Å². The minimum Gasteiger partial charge on any atom is -0.489 e. The third-order valence-corrected chi connectivity index (χ3v) is 5.73. The van der Waals surface area contributed by atoms with E-state index in [0.717, 1.165) is 35.1 Å². The standard InChI is InChI=1S/C22H27NO4/c1-6-7-13-10-15(24)23-18-16(13)21-14(8-9-22(4,5)27-21)20-17(18)19(25)11(2)12(3)26-20/h8-12,19,25H,6-7H2,1-5H3,(H,23,24)/t11-,12-,19-/m1/s1. The van der Waals surface area contributed by atoms with Gasteiger partial charge in [0.1, 0.15) is 23.2 Å². The number of H-pyrrole nitrogens is 1. The number of aliphatic hydroxyl groups is 1. The summed E-state index contributed by atoms with van der Waals surface area (Å²) >= 11 is 0. The van der Waals surface area contributed by atoms with Crippen molar-refractivity contribution < 1.29 is 14.6 Å². The van der Waals surface area contributed by atoms with Gasteiger partial charge in [-0.15, -0.1) is 0 Å². The van der Waals surface area contributed by atoms with Crippen LogP contribution in [0.5, 0.6) is 11.5 Å². The van der Waals surface area contributed by atoms with Crippen LogP contribution in [0.1, 0.15) is 63.8 Å². The van der Waals surface area contributed by atoms with Gasteiger partial charge in [-0.05, 0) is 44.9 Å². The van der Waals surface area contributed by atoms with Crippen LogP contribution in [0.2, 0.25) is 0 Å². The van der Waals surface area contributed by atoms with Gasteiger partial charge in [0.2, 0.25) is 5.56 Å². The van der Waals surface area contributed by atoms with Crippen LogP contribution in [0.15, 0.2) is 16.9 Å². The molecule has 2 aliphatic heterocycles. The number of hydrogen-bond acceptors (Lipinski definition) is 4. The van der Waals surface area contributed by atoms with E-state index in [-0.39, 0.29) is 17.6 Å². The number of benzene rings is 1. The Morgan fingerprint density at radius 3 is 2.70 bits per heavy atom. The molecule has 3 atom stereocenters. The van der Waals surface area contributed by atoms with Crippen molar-refractivity contribution in [1.29, 1.82) is 0 Å². The summed E-state index contributed by atoms with van der Waals surface area (Å²) in [4.78, 5) is 15.3. The Kier molecular flexibility index (Phi) is 4.11. The number of pyridine rings is 1. The van der Waals surface area contributed by atoms with Crippen molar-refractivity contribution >= 4 is 17.0 Å². The zero-order valence-corrected chi connectivity index (χ0v) is 16.6. The number of aromatic nitrogens is 1.